The average molecular weight is 317 g/mol. The van der Waals surface area contributed by atoms with E-state index in [-0.39, 0.29) is 6.10 Å². The van der Waals surface area contributed by atoms with Crippen LogP contribution in [0.15, 0.2) is 10.6 Å². The molecular formula is C16H23N5O2. The van der Waals surface area contributed by atoms with Crippen LogP contribution in [0, 0.1) is 13.8 Å². The zero-order valence-electron chi connectivity index (χ0n) is 13.7. The van der Waals surface area contributed by atoms with Crippen molar-refractivity contribution in [2.24, 2.45) is 0 Å². The summed E-state index contributed by atoms with van der Waals surface area (Å²) in [6.45, 7) is 7.30. The van der Waals surface area contributed by atoms with Gasteiger partial charge in [-0.05, 0) is 39.3 Å². The van der Waals surface area contributed by atoms with E-state index < -0.39 is 0 Å². The van der Waals surface area contributed by atoms with Crippen LogP contribution in [0.4, 0.5) is 0 Å². The van der Waals surface area contributed by atoms with Crippen LogP contribution in [-0.2, 0) is 11.3 Å². The van der Waals surface area contributed by atoms with Crippen molar-refractivity contribution in [3.8, 4) is 0 Å². The zero-order chi connectivity index (χ0) is 15.8. The van der Waals surface area contributed by atoms with Crippen LogP contribution < -0.4 is 0 Å². The first-order chi connectivity index (χ1) is 11.2. The Kier molecular flexibility index (Phi) is 3.90. The lowest BCUT2D eigenvalue weighted by Gasteiger charge is -2.41. The lowest BCUT2D eigenvalue weighted by atomic mass is 10.0. The van der Waals surface area contributed by atoms with Crippen molar-refractivity contribution in [2.75, 3.05) is 19.7 Å². The fraction of sp³-hybridized carbons (Fsp3) is 0.688. The number of ether oxygens (including phenoxy) is 1. The molecule has 0 aliphatic carbocycles. The van der Waals surface area contributed by atoms with Gasteiger partial charge in [0.2, 0.25) is 11.7 Å². The van der Waals surface area contributed by atoms with Gasteiger partial charge in [0.05, 0.1) is 12.3 Å². The molecule has 0 N–H and O–H groups in total. The molecule has 0 saturated carbocycles. The molecule has 2 saturated heterocycles. The molecule has 2 unspecified atom stereocenters. The van der Waals surface area contributed by atoms with Gasteiger partial charge in [0, 0.05) is 18.3 Å². The summed E-state index contributed by atoms with van der Waals surface area (Å²) in [5.41, 5.74) is 2.08. The first-order valence-electron chi connectivity index (χ1n) is 8.38. The maximum Gasteiger partial charge on any atom is 0.248 e. The van der Waals surface area contributed by atoms with Gasteiger partial charge in [-0.15, -0.1) is 0 Å². The molecule has 2 aliphatic heterocycles. The molecule has 2 atom stereocenters. The SMILES string of the molecule is Cc1cc(C)n(Cc2nc(C3CN4CCCCC4CO3)no2)n1. The molecule has 0 aromatic carbocycles. The Labute approximate surface area is 135 Å². The third-order valence-electron chi connectivity index (χ3n) is 4.80. The van der Waals surface area contributed by atoms with Gasteiger partial charge in [0.15, 0.2) is 0 Å². The summed E-state index contributed by atoms with van der Waals surface area (Å²) in [5.74, 6) is 1.24. The molecule has 0 amide bonds. The topological polar surface area (TPSA) is 69.2 Å². The maximum atomic E-state index is 5.98. The Bertz CT molecular complexity index is 680. The van der Waals surface area contributed by atoms with Gasteiger partial charge in [-0.25, -0.2) is 0 Å². The van der Waals surface area contributed by atoms with E-state index >= 15 is 0 Å². The Morgan fingerprint density at radius 2 is 2.22 bits per heavy atom. The quantitative estimate of drug-likeness (QED) is 0.860. The van der Waals surface area contributed by atoms with Gasteiger partial charge >= 0.3 is 0 Å². The van der Waals surface area contributed by atoms with Crippen LogP contribution in [0.1, 0.15) is 48.5 Å². The number of morpholine rings is 1. The highest BCUT2D eigenvalue weighted by atomic mass is 16.5. The summed E-state index contributed by atoms with van der Waals surface area (Å²) < 4.78 is 13.3. The zero-order valence-corrected chi connectivity index (χ0v) is 13.7. The van der Waals surface area contributed by atoms with Gasteiger partial charge in [-0.1, -0.05) is 11.6 Å². The van der Waals surface area contributed by atoms with Gasteiger partial charge in [-0.3, -0.25) is 9.58 Å². The van der Waals surface area contributed by atoms with E-state index in [0.29, 0.717) is 24.3 Å². The molecule has 2 aromatic rings. The van der Waals surface area contributed by atoms with Gasteiger partial charge in [0.1, 0.15) is 12.6 Å². The summed E-state index contributed by atoms with van der Waals surface area (Å²) in [6.07, 6.45) is 3.74. The molecule has 4 heterocycles. The fourth-order valence-corrected chi connectivity index (χ4v) is 3.56. The molecule has 2 fully saturated rings. The number of nitrogens with zero attached hydrogens (tertiary/aromatic N) is 5. The van der Waals surface area contributed by atoms with E-state index in [1.807, 2.05) is 24.6 Å². The molecule has 2 aromatic heterocycles. The van der Waals surface area contributed by atoms with E-state index in [1.54, 1.807) is 0 Å². The van der Waals surface area contributed by atoms with E-state index in [0.717, 1.165) is 31.1 Å². The van der Waals surface area contributed by atoms with E-state index in [2.05, 4.69) is 20.1 Å². The standard InChI is InChI=1S/C16H23N5O2/c1-11-7-12(2)21(18-11)9-15-17-16(19-23-15)14-8-20-6-4-3-5-13(20)10-22-14/h7,13-14H,3-6,8-10H2,1-2H3. The van der Waals surface area contributed by atoms with Crippen molar-refractivity contribution in [3.63, 3.8) is 0 Å². The molecular weight excluding hydrogens is 294 g/mol. The Hall–Kier alpha value is -1.73. The van der Waals surface area contributed by atoms with Gasteiger partial charge in [0.25, 0.3) is 0 Å². The van der Waals surface area contributed by atoms with Crippen LogP contribution >= 0.6 is 0 Å². The summed E-state index contributed by atoms with van der Waals surface area (Å²) >= 11 is 0. The lowest BCUT2D eigenvalue weighted by Crippen LogP contribution is -2.49. The molecule has 7 heteroatoms. The van der Waals surface area contributed by atoms with E-state index in [4.69, 9.17) is 9.26 Å². The molecule has 0 radical (unpaired) electrons. The second-order valence-electron chi connectivity index (χ2n) is 6.60. The molecule has 0 bridgehead atoms. The van der Waals surface area contributed by atoms with Gasteiger partial charge < -0.3 is 9.26 Å². The van der Waals surface area contributed by atoms with Crippen LogP contribution in [0.25, 0.3) is 0 Å². The second kappa shape index (κ2) is 6.05. The van der Waals surface area contributed by atoms with Crippen molar-refractivity contribution in [1.82, 2.24) is 24.8 Å². The highest BCUT2D eigenvalue weighted by molar-refractivity contribution is 5.07. The molecule has 2 aliphatic rings. The Morgan fingerprint density at radius 1 is 1.30 bits per heavy atom. The minimum atomic E-state index is -0.0812. The number of fused-ring (bicyclic) bond motifs is 1. The number of hydrogen-bond donors (Lipinski definition) is 0. The van der Waals surface area contributed by atoms with E-state index in [9.17, 15) is 0 Å². The summed E-state index contributed by atoms with van der Waals surface area (Å²) in [7, 11) is 0. The molecule has 124 valence electrons. The first kappa shape index (κ1) is 14.8. The fourth-order valence-electron chi connectivity index (χ4n) is 3.56. The maximum absolute atomic E-state index is 5.98. The average Bonchev–Trinajstić information content (AvgIpc) is 3.14. The highest BCUT2D eigenvalue weighted by Gasteiger charge is 2.33. The van der Waals surface area contributed by atoms with Crippen molar-refractivity contribution >= 4 is 0 Å². The molecule has 4 rings (SSSR count). The van der Waals surface area contributed by atoms with Crippen LogP contribution in [0.3, 0.4) is 0 Å². The number of aromatic nitrogens is 4. The number of aryl methyl sites for hydroxylation is 2. The predicted octanol–water partition coefficient (Wildman–Crippen LogP) is 1.86. The van der Waals surface area contributed by atoms with Crippen LogP contribution in [0.5, 0.6) is 0 Å². The minimum Gasteiger partial charge on any atom is -0.367 e. The third-order valence-corrected chi connectivity index (χ3v) is 4.80. The Balaban J connectivity index is 1.44. The van der Waals surface area contributed by atoms with E-state index in [1.165, 1.54) is 19.3 Å². The number of rotatable bonds is 3. The first-order valence-corrected chi connectivity index (χ1v) is 8.38. The van der Waals surface area contributed by atoms with Crippen LogP contribution in [-0.4, -0.2) is 50.6 Å². The second-order valence-corrected chi connectivity index (χ2v) is 6.60. The summed E-state index contributed by atoms with van der Waals surface area (Å²) in [5, 5.41) is 8.56. The molecule has 7 nitrogen and oxygen atoms in total. The predicted molar refractivity (Wildman–Crippen MR) is 83.0 cm³/mol. The van der Waals surface area contributed by atoms with Crippen molar-refractivity contribution in [2.45, 2.75) is 51.8 Å². The lowest BCUT2D eigenvalue weighted by molar-refractivity contribution is -0.0805. The largest absolute Gasteiger partial charge is 0.367 e. The monoisotopic (exact) mass is 317 g/mol. The Morgan fingerprint density at radius 3 is 3.04 bits per heavy atom. The summed E-state index contributed by atoms with van der Waals surface area (Å²) in [6, 6.07) is 2.61. The smallest absolute Gasteiger partial charge is 0.248 e. The van der Waals surface area contributed by atoms with Crippen LogP contribution in [0.2, 0.25) is 0 Å². The third kappa shape index (κ3) is 3.03. The van der Waals surface area contributed by atoms with Gasteiger partial charge in [-0.2, -0.15) is 10.1 Å². The number of piperidine rings is 1. The van der Waals surface area contributed by atoms with Crippen molar-refractivity contribution < 1.29 is 9.26 Å². The van der Waals surface area contributed by atoms with Crippen molar-refractivity contribution in [1.29, 1.82) is 0 Å². The molecule has 23 heavy (non-hydrogen) atoms. The highest BCUT2D eigenvalue weighted by Crippen LogP contribution is 2.28. The summed E-state index contributed by atoms with van der Waals surface area (Å²) in [4.78, 5) is 7.04. The molecule has 0 spiro atoms. The van der Waals surface area contributed by atoms with Crippen molar-refractivity contribution in [3.05, 3.63) is 29.2 Å². The minimum absolute atomic E-state index is 0.0812. The normalized spacial score (nSPS) is 25.5. The number of hydrogen-bond acceptors (Lipinski definition) is 6.